The van der Waals surface area contributed by atoms with Gasteiger partial charge in [0.2, 0.25) is 0 Å². The van der Waals surface area contributed by atoms with Crippen LogP contribution in [0.15, 0.2) is 22.7 Å². The topological polar surface area (TPSA) is 63.6 Å². The van der Waals surface area contributed by atoms with E-state index >= 15 is 0 Å². The summed E-state index contributed by atoms with van der Waals surface area (Å²) in [6.45, 7) is 3.40. The van der Waals surface area contributed by atoms with Crippen LogP contribution in [0.4, 0.5) is 0 Å². The summed E-state index contributed by atoms with van der Waals surface area (Å²) in [4.78, 5) is 23.4. The molecular formula is C12H13BrO4. The van der Waals surface area contributed by atoms with Crippen LogP contribution in [0, 0.1) is 5.92 Å². The third-order valence-electron chi connectivity index (χ3n) is 2.25. The molecule has 0 amide bonds. The largest absolute Gasteiger partial charge is 0.508 e. The van der Waals surface area contributed by atoms with Crippen LogP contribution in [-0.4, -0.2) is 23.5 Å². The molecule has 1 N–H and O–H groups in total. The number of esters is 1. The van der Waals surface area contributed by atoms with Gasteiger partial charge in [0.25, 0.3) is 0 Å². The second kappa shape index (κ2) is 5.82. The fourth-order valence-electron chi connectivity index (χ4n) is 1.31. The Morgan fingerprint density at radius 2 is 2.12 bits per heavy atom. The first kappa shape index (κ1) is 13.7. The molecule has 0 saturated heterocycles. The summed E-state index contributed by atoms with van der Waals surface area (Å²) in [5, 5.41) is 9.32. The molecule has 0 radical (unpaired) electrons. The first-order chi connectivity index (χ1) is 7.97. The van der Waals surface area contributed by atoms with Crippen LogP contribution >= 0.6 is 15.9 Å². The maximum absolute atomic E-state index is 12.0. The normalized spacial score (nSPS) is 11.9. The van der Waals surface area contributed by atoms with Crippen molar-refractivity contribution in [2.24, 2.45) is 5.92 Å². The number of ketones is 1. The standard InChI is InChI=1S/C12H13BrO4/c1-3-17-12(16)7(2)11(15)9-6-8(14)4-5-10(9)13/h4-7,14H,3H2,1-2H3. The quantitative estimate of drug-likeness (QED) is 0.527. The van der Waals surface area contributed by atoms with Gasteiger partial charge in [0.15, 0.2) is 5.78 Å². The molecule has 1 aromatic rings. The number of halogens is 1. The summed E-state index contributed by atoms with van der Waals surface area (Å²) in [6.07, 6.45) is 0. The Kier molecular flexibility index (Phi) is 4.69. The molecule has 0 saturated carbocycles. The number of hydrogen-bond donors (Lipinski definition) is 1. The second-order valence-corrected chi connectivity index (χ2v) is 4.36. The number of hydrogen-bond acceptors (Lipinski definition) is 4. The molecule has 0 spiro atoms. The van der Waals surface area contributed by atoms with Crippen molar-refractivity contribution in [2.45, 2.75) is 13.8 Å². The van der Waals surface area contributed by atoms with Crippen molar-refractivity contribution in [3.63, 3.8) is 0 Å². The number of carbonyl (C=O) groups excluding carboxylic acids is 2. The number of aromatic hydroxyl groups is 1. The van der Waals surface area contributed by atoms with E-state index in [1.165, 1.54) is 19.1 Å². The average Bonchev–Trinajstić information content (AvgIpc) is 2.30. The first-order valence-electron chi connectivity index (χ1n) is 5.16. The van der Waals surface area contributed by atoms with Gasteiger partial charge >= 0.3 is 5.97 Å². The monoisotopic (exact) mass is 300 g/mol. The van der Waals surface area contributed by atoms with Crippen LogP contribution in [0.25, 0.3) is 0 Å². The molecule has 1 rings (SSSR count). The molecule has 0 aliphatic carbocycles. The Morgan fingerprint density at radius 1 is 1.47 bits per heavy atom. The predicted molar refractivity (Wildman–Crippen MR) is 65.9 cm³/mol. The Morgan fingerprint density at radius 3 is 2.71 bits per heavy atom. The number of Topliss-reactive ketones (excluding diaryl/α,β-unsaturated/α-hetero) is 1. The lowest BCUT2D eigenvalue weighted by Gasteiger charge is -2.10. The molecule has 5 heteroatoms. The van der Waals surface area contributed by atoms with Gasteiger partial charge in [-0.05, 0) is 32.0 Å². The van der Waals surface area contributed by atoms with Gasteiger partial charge in [-0.15, -0.1) is 0 Å². The van der Waals surface area contributed by atoms with E-state index in [1.54, 1.807) is 13.0 Å². The summed E-state index contributed by atoms with van der Waals surface area (Å²) in [6, 6.07) is 4.33. The van der Waals surface area contributed by atoms with Crippen LogP contribution < -0.4 is 0 Å². The highest BCUT2D eigenvalue weighted by Gasteiger charge is 2.25. The zero-order valence-corrected chi connectivity index (χ0v) is 11.2. The summed E-state index contributed by atoms with van der Waals surface area (Å²) < 4.78 is 5.32. The number of phenolic OH excluding ortho intramolecular Hbond substituents is 1. The molecule has 0 aliphatic rings. The Balaban J connectivity index is 2.96. The van der Waals surface area contributed by atoms with Gasteiger partial charge in [0, 0.05) is 10.0 Å². The molecule has 1 unspecified atom stereocenters. The second-order valence-electron chi connectivity index (χ2n) is 3.50. The lowest BCUT2D eigenvalue weighted by molar-refractivity contribution is -0.145. The first-order valence-corrected chi connectivity index (χ1v) is 5.96. The number of benzene rings is 1. The summed E-state index contributed by atoms with van der Waals surface area (Å²) in [5.41, 5.74) is 0.269. The fraction of sp³-hybridized carbons (Fsp3) is 0.333. The van der Waals surface area contributed by atoms with Crippen LogP contribution in [0.5, 0.6) is 5.75 Å². The smallest absolute Gasteiger partial charge is 0.316 e. The SMILES string of the molecule is CCOC(=O)C(C)C(=O)c1cc(O)ccc1Br. The zero-order chi connectivity index (χ0) is 13.0. The van der Waals surface area contributed by atoms with Crippen molar-refractivity contribution in [2.75, 3.05) is 6.61 Å². The number of phenols is 1. The molecule has 4 nitrogen and oxygen atoms in total. The number of ether oxygens (including phenoxy) is 1. The van der Waals surface area contributed by atoms with Crippen LogP contribution in [0.1, 0.15) is 24.2 Å². The molecule has 0 fully saturated rings. The Bertz CT molecular complexity index is 442. The van der Waals surface area contributed by atoms with E-state index in [1.807, 2.05) is 0 Å². The van der Waals surface area contributed by atoms with Gasteiger partial charge in [-0.2, -0.15) is 0 Å². The fourth-order valence-corrected chi connectivity index (χ4v) is 1.75. The molecule has 17 heavy (non-hydrogen) atoms. The predicted octanol–water partition coefficient (Wildman–Crippen LogP) is 2.54. The molecule has 1 aromatic carbocycles. The highest BCUT2D eigenvalue weighted by molar-refractivity contribution is 9.10. The molecule has 0 heterocycles. The van der Waals surface area contributed by atoms with Gasteiger partial charge in [-0.25, -0.2) is 0 Å². The van der Waals surface area contributed by atoms with Crippen molar-refractivity contribution < 1.29 is 19.4 Å². The lowest BCUT2D eigenvalue weighted by atomic mass is 9.99. The maximum Gasteiger partial charge on any atom is 0.316 e. The van der Waals surface area contributed by atoms with Gasteiger partial charge in [-0.1, -0.05) is 15.9 Å². The summed E-state index contributed by atoms with van der Waals surface area (Å²) in [5.74, 6) is -1.85. The highest BCUT2D eigenvalue weighted by atomic mass is 79.9. The van der Waals surface area contributed by atoms with Crippen molar-refractivity contribution >= 4 is 27.7 Å². The third-order valence-corrected chi connectivity index (χ3v) is 2.94. The van der Waals surface area contributed by atoms with Crippen LogP contribution in [0.3, 0.4) is 0 Å². The molecular weight excluding hydrogens is 288 g/mol. The van der Waals surface area contributed by atoms with E-state index in [9.17, 15) is 14.7 Å². The lowest BCUT2D eigenvalue weighted by Crippen LogP contribution is -2.23. The third kappa shape index (κ3) is 3.30. The molecule has 1 atom stereocenters. The molecule has 0 aromatic heterocycles. The van der Waals surface area contributed by atoms with Gasteiger partial charge < -0.3 is 9.84 Å². The van der Waals surface area contributed by atoms with Gasteiger partial charge in [-0.3, -0.25) is 9.59 Å². The van der Waals surface area contributed by atoms with Crippen molar-refractivity contribution in [1.82, 2.24) is 0 Å². The van der Waals surface area contributed by atoms with Crippen molar-refractivity contribution in [3.8, 4) is 5.75 Å². The Labute approximate surface area is 108 Å². The van der Waals surface area contributed by atoms with Gasteiger partial charge in [0.1, 0.15) is 11.7 Å². The minimum absolute atomic E-state index is 0.0207. The van der Waals surface area contributed by atoms with Gasteiger partial charge in [0.05, 0.1) is 6.61 Å². The van der Waals surface area contributed by atoms with Crippen LogP contribution in [-0.2, 0) is 9.53 Å². The van der Waals surface area contributed by atoms with Crippen LogP contribution in [0.2, 0.25) is 0 Å². The van der Waals surface area contributed by atoms with E-state index in [0.29, 0.717) is 4.47 Å². The number of carbonyl (C=O) groups is 2. The van der Waals surface area contributed by atoms with Crippen molar-refractivity contribution in [1.29, 1.82) is 0 Å². The zero-order valence-electron chi connectivity index (χ0n) is 9.57. The minimum Gasteiger partial charge on any atom is -0.508 e. The highest BCUT2D eigenvalue weighted by Crippen LogP contribution is 2.24. The molecule has 92 valence electrons. The van der Waals surface area contributed by atoms with E-state index in [0.717, 1.165) is 0 Å². The van der Waals surface area contributed by atoms with E-state index < -0.39 is 11.9 Å². The summed E-state index contributed by atoms with van der Waals surface area (Å²) >= 11 is 3.20. The summed E-state index contributed by atoms with van der Waals surface area (Å²) in [7, 11) is 0. The molecule has 0 bridgehead atoms. The average molecular weight is 301 g/mol. The maximum atomic E-state index is 12.0. The molecule has 0 aliphatic heterocycles. The number of rotatable bonds is 4. The van der Waals surface area contributed by atoms with E-state index in [4.69, 9.17) is 4.74 Å². The van der Waals surface area contributed by atoms with Crippen molar-refractivity contribution in [3.05, 3.63) is 28.2 Å². The van der Waals surface area contributed by atoms with E-state index in [-0.39, 0.29) is 23.7 Å². The minimum atomic E-state index is -0.881. The van der Waals surface area contributed by atoms with E-state index in [2.05, 4.69) is 15.9 Å². The Hall–Kier alpha value is -1.36.